The van der Waals surface area contributed by atoms with E-state index in [2.05, 4.69) is 77.5 Å². The van der Waals surface area contributed by atoms with E-state index in [9.17, 15) is 10.2 Å². The fourth-order valence-corrected chi connectivity index (χ4v) is 5.49. The van der Waals surface area contributed by atoms with E-state index in [4.69, 9.17) is 9.47 Å². The average molecular weight is 669 g/mol. The van der Waals surface area contributed by atoms with Gasteiger partial charge in [-0.1, -0.05) is 67.5 Å². The van der Waals surface area contributed by atoms with Crippen LogP contribution in [-0.4, -0.2) is 22.6 Å². The van der Waals surface area contributed by atoms with E-state index in [0.29, 0.717) is 34.8 Å². The Bertz CT molecular complexity index is 1810. The van der Waals surface area contributed by atoms with Crippen molar-refractivity contribution >= 4 is 23.8 Å². The molecule has 2 N–H and O–H groups in total. The Morgan fingerprint density at radius 2 is 0.740 bits per heavy atom. The zero-order valence-corrected chi connectivity index (χ0v) is 30.3. The Morgan fingerprint density at radius 1 is 0.440 bits per heavy atom. The first-order valence-electron chi connectivity index (χ1n) is 17.4. The fourth-order valence-electron chi connectivity index (χ4n) is 5.49. The van der Waals surface area contributed by atoms with Crippen LogP contribution in [-0.2, 0) is 0 Å². The second kappa shape index (κ2) is 15.9. The molecule has 0 amide bonds. The van der Waals surface area contributed by atoms with Gasteiger partial charge in [0.25, 0.3) is 0 Å². The third-order valence-electron chi connectivity index (χ3n) is 8.63. The van der Waals surface area contributed by atoms with Gasteiger partial charge in [0.2, 0.25) is 0 Å². The van der Waals surface area contributed by atoms with Gasteiger partial charge in [-0.3, -0.25) is 9.98 Å². The molecule has 0 heterocycles. The molecule has 6 nitrogen and oxygen atoms in total. The molecule has 5 rings (SSSR count). The Labute approximate surface area is 296 Å². The molecule has 0 saturated heterocycles. The van der Waals surface area contributed by atoms with Crippen LogP contribution in [0.25, 0.3) is 0 Å². The largest absolute Gasteiger partial charge is 0.507 e. The Balaban J connectivity index is 1.19. The molecule has 0 aromatic heterocycles. The van der Waals surface area contributed by atoms with E-state index in [0.717, 1.165) is 33.6 Å². The lowest BCUT2D eigenvalue weighted by molar-refractivity contribution is 0.463. The minimum absolute atomic E-state index is 0.213. The van der Waals surface area contributed by atoms with Gasteiger partial charge in [0.05, 0.1) is 11.4 Å². The predicted octanol–water partition coefficient (Wildman–Crippen LogP) is 12.7. The summed E-state index contributed by atoms with van der Waals surface area (Å²) in [4.78, 5) is 9.23. The summed E-state index contributed by atoms with van der Waals surface area (Å²) in [6.07, 6.45) is 3.45. The van der Waals surface area contributed by atoms with Crippen molar-refractivity contribution in [2.45, 2.75) is 79.1 Å². The summed E-state index contributed by atoms with van der Waals surface area (Å²) in [5.74, 6) is 4.43. The van der Waals surface area contributed by atoms with Gasteiger partial charge in [0, 0.05) is 23.6 Å². The summed E-state index contributed by atoms with van der Waals surface area (Å²) in [5.41, 5.74) is 7.18. The van der Waals surface area contributed by atoms with Crippen molar-refractivity contribution in [2.24, 2.45) is 9.98 Å². The van der Waals surface area contributed by atoms with Crippen LogP contribution >= 0.6 is 0 Å². The highest BCUT2D eigenvalue weighted by Gasteiger charge is 2.15. The first-order chi connectivity index (χ1) is 23.9. The molecule has 0 aliphatic heterocycles. The molecular weight excluding hydrogens is 620 g/mol. The van der Waals surface area contributed by atoms with Gasteiger partial charge in [0.1, 0.15) is 34.5 Å². The molecule has 5 aromatic rings. The number of aliphatic imine (C=N–C) groups is 2. The molecule has 258 valence electrons. The minimum atomic E-state index is 0.213. The van der Waals surface area contributed by atoms with Crippen LogP contribution in [0.5, 0.6) is 34.5 Å². The third-order valence-corrected chi connectivity index (χ3v) is 8.63. The number of rotatable bonds is 12. The molecular formula is C44H48N2O4. The van der Waals surface area contributed by atoms with Crippen molar-refractivity contribution in [3.63, 3.8) is 0 Å². The van der Waals surface area contributed by atoms with Crippen molar-refractivity contribution < 1.29 is 19.7 Å². The molecule has 0 aliphatic rings. The topological polar surface area (TPSA) is 83.6 Å². The van der Waals surface area contributed by atoms with Gasteiger partial charge in [-0.05, 0) is 131 Å². The van der Waals surface area contributed by atoms with E-state index in [1.807, 2.05) is 84.9 Å². The van der Waals surface area contributed by atoms with Crippen LogP contribution in [0.3, 0.4) is 0 Å². The Hall–Kier alpha value is -5.36. The molecule has 50 heavy (non-hydrogen) atoms. The molecule has 0 radical (unpaired) electrons. The Morgan fingerprint density at radius 3 is 1.02 bits per heavy atom. The maximum absolute atomic E-state index is 10.8. The summed E-state index contributed by atoms with van der Waals surface area (Å²) in [6.45, 7) is 16.9. The fraction of sp³-hybridized carbons (Fsp3) is 0.273. The molecule has 0 unspecified atom stereocenters. The minimum Gasteiger partial charge on any atom is -0.507 e. The lowest BCUT2D eigenvalue weighted by atomic mass is 9.92. The van der Waals surface area contributed by atoms with E-state index in [1.165, 1.54) is 11.1 Å². The van der Waals surface area contributed by atoms with Crippen LogP contribution in [0.15, 0.2) is 107 Å². The number of hydrogen-bond acceptors (Lipinski definition) is 6. The molecule has 0 fully saturated rings. The number of aromatic hydroxyl groups is 2. The van der Waals surface area contributed by atoms with Gasteiger partial charge < -0.3 is 19.7 Å². The van der Waals surface area contributed by atoms with Crippen LogP contribution in [0, 0.1) is 0 Å². The van der Waals surface area contributed by atoms with Crippen molar-refractivity contribution in [3.05, 3.63) is 130 Å². The van der Waals surface area contributed by atoms with Gasteiger partial charge in [-0.2, -0.15) is 0 Å². The van der Waals surface area contributed by atoms with Crippen molar-refractivity contribution in [2.75, 3.05) is 0 Å². The van der Waals surface area contributed by atoms with Crippen LogP contribution in [0.1, 0.15) is 112 Å². The summed E-state index contributed by atoms with van der Waals surface area (Å²) >= 11 is 0. The van der Waals surface area contributed by atoms with E-state index < -0.39 is 0 Å². The number of nitrogens with zero attached hydrogens (tertiary/aromatic N) is 2. The highest BCUT2D eigenvalue weighted by molar-refractivity contribution is 5.87. The first kappa shape index (κ1) is 35.9. The van der Waals surface area contributed by atoms with Gasteiger partial charge in [-0.25, -0.2) is 0 Å². The van der Waals surface area contributed by atoms with Crippen LogP contribution < -0.4 is 9.47 Å². The highest BCUT2D eigenvalue weighted by atomic mass is 16.5. The maximum Gasteiger partial charge on any atom is 0.127 e. The first-order valence-corrected chi connectivity index (χ1v) is 17.4. The summed E-state index contributed by atoms with van der Waals surface area (Å²) < 4.78 is 12.1. The van der Waals surface area contributed by atoms with E-state index in [1.54, 1.807) is 12.4 Å². The van der Waals surface area contributed by atoms with Gasteiger partial charge in [-0.15, -0.1) is 0 Å². The standard InChI is InChI=1S/C44H48N2O4/c1-27(2)31-21-33(43(47)41(23-31)29(5)6)25-45-35-9-13-37(14-10-35)49-39-17-19-40(20-18-39)50-38-15-11-36(12-16-38)46-26-34-22-32(28(3)4)24-42(30(7)8)44(34)48/h9-30,47-48H,1-8H3. The molecule has 0 aliphatic carbocycles. The zero-order valence-electron chi connectivity index (χ0n) is 30.3. The summed E-state index contributed by atoms with van der Waals surface area (Å²) in [7, 11) is 0. The van der Waals surface area contributed by atoms with Crippen molar-refractivity contribution in [1.82, 2.24) is 0 Å². The molecule has 0 bridgehead atoms. The van der Waals surface area contributed by atoms with Crippen LogP contribution in [0.4, 0.5) is 11.4 Å². The van der Waals surface area contributed by atoms with Crippen molar-refractivity contribution in [1.29, 1.82) is 0 Å². The SMILES string of the molecule is CC(C)c1cc(C=Nc2ccc(Oc3ccc(Oc4ccc(N=Cc5cc(C(C)C)cc(C(C)C)c5O)cc4)cc3)cc2)c(O)c(C(C)C)c1. The maximum atomic E-state index is 10.8. The number of phenolic OH excluding ortho intramolecular Hbond substituents is 2. The highest BCUT2D eigenvalue weighted by Crippen LogP contribution is 2.35. The number of hydrogen-bond donors (Lipinski definition) is 2. The third kappa shape index (κ3) is 9.00. The second-order valence-electron chi connectivity index (χ2n) is 13.9. The van der Waals surface area contributed by atoms with Crippen molar-refractivity contribution in [3.8, 4) is 34.5 Å². The van der Waals surface area contributed by atoms with Gasteiger partial charge >= 0.3 is 0 Å². The molecule has 0 spiro atoms. The molecule has 5 aromatic carbocycles. The lowest BCUT2D eigenvalue weighted by Crippen LogP contribution is -1.98. The number of ether oxygens (including phenoxy) is 2. The summed E-state index contributed by atoms with van der Waals surface area (Å²) in [6, 6.07) is 30.7. The smallest absolute Gasteiger partial charge is 0.127 e. The monoisotopic (exact) mass is 668 g/mol. The Kier molecular flexibility index (Phi) is 11.4. The number of benzene rings is 5. The summed E-state index contributed by atoms with van der Waals surface area (Å²) in [5, 5.41) is 21.7. The molecule has 6 heteroatoms. The normalized spacial score (nSPS) is 11.9. The quantitative estimate of drug-likeness (QED) is 0.130. The number of phenols is 2. The molecule has 0 atom stereocenters. The average Bonchev–Trinajstić information content (AvgIpc) is 3.09. The van der Waals surface area contributed by atoms with Crippen LogP contribution in [0.2, 0.25) is 0 Å². The predicted molar refractivity (Wildman–Crippen MR) is 207 cm³/mol. The van der Waals surface area contributed by atoms with E-state index >= 15 is 0 Å². The molecule has 0 saturated carbocycles. The van der Waals surface area contributed by atoms with E-state index in [-0.39, 0.29) is 23.3 Å². The van der Waals surface area contributed by atoms with Gasteiger partial charge in [0.15, 0.2) is 0 Å². The lowest BCUT2D eigenvalue weighted by Gasteiger charge is -2.15. The zero-order chi connectivity index (χ0) is 35.9. The second-order valence-corrected chi connectivity index (χ2v) is 13.9.